The van der Waals surface area contributed by atoms with E-state index >= 15 is 0 Å². The van der Waals surface area contributed by atoms with Gasteiger partial charge in [-0.1, -0.05) is 18.2 Å². The molecule has 0 radical (unpaired) electrons. The lowest BCUT2D eigenvalue weighted by molar-refractivity contribution is -0.122. The molecule has 0 aliphatic carbocycles. The number of para-hydroxylation sites is 1. The molecule has 1 fully saturated rings. The van der Waals surface area contributed by atoms with Crippen LogP contribution in [0.15, 0.2) is 36.7 Å². The van der Waals surface area contributed by atoms with Crippen LogP contribution >= 0.6 is 0 Å². The summed E-state index contributed by atoms with van der Waals surface area (Å²) in [6.45, 7) is 2.76. The van der Waals surface area contributed by atoms with Gasteiger partial charge in [0.05, 0.1) is 13.7 Å². The molecular weight excluding hydrogens is 316 g/mol. The number of aromatic nitrogens is 2. The molecule has 2 aromatic rings. The summed E-state index contributed by atoms with van der Waals surface area (Å²) in [5, 5.41) is 3.00. The Kier molecular flexibility index (Phi) is 5.71. The van der Waals surface area contributed by atoms with Gasteiger partial charge in [0, 0.05) is 44.0 Å². The smallest absolute Gasteiger partial charge is 0.234 e. The Balaban J connectivity index is 1.51. The molecular formula is C19H26N4O2. The number of ether oxygens (including phenoxy) is 1. The maximum Gasteiger partial charge on any atom is 0.234 e. The van der Waals surface area contributed by atoms with Gasteiger partial charge in [0.2, 0.25) is 5.91 Å². The van der Waals surface area contributed by atoms with Gasteiger partial charge >= 0.3 is 0 Å². The average molecular weight is 342 g/mol. The van der Waals surface area contributed by atoms with Gasteiger partial charge in [0.25, 0.3) is 0 Å². The number of nitrogens with zero attached hydrogens (tertiary/aromatic N) is 3. The summed E-state index contributed by atoms with van der Waals surface area (Å²) in [7, 11) is 3.67. The molecule has 1 aliphatic rings. The van der Waals surface area contributed by atoms with E-state index in [-0.39, 0.29) is 5.91 Å². The Morgan fingerprint density at radius 2 is 2.24 bits per heavy atom. The number of benzene rings is 1. The first-order valence-electron chi connectivity index (χ1n) is 8.75. The summed E-state index contributed by atoms with van der Waals surface area (Å²) in [5.74, 6) is 2.36. The Morgan fingerprint density at radius 1 is 1.40 bits per heavy atom. The molecule has 1 N–H and O–H groups in total. The Bertz CT molecular complexity index is 713. The van der Waals surface area contributed by atoms with Crippen LogP contribution < -0.4 is 10.1 Å². The minimum absolute atomic E-state index is 0.0476. The number of carbonyl (C=O) groups is 1. The van der Waals surface area contributed by atoms with Crippen molar-refractivity contribution in [1.29, 1.82) is 0 Å². The number of hydrogen-bond acceptors (Lipinski definition) is 4. The SMILES string of the molecule is COc1ccccc1CNC(=O)CN1CCC[C@@H](c2nccn2C)C1. The molecule has 3 rings (SSSR count). The van der Waals surface area contributed by atoms with Crippen LogP contribution in [0.1, 0.15) is 30.1 Å². The van der Waals surface area contributed by atoms with Crippen molar-refractivity contribution < 1.29 is 9.53 Å². The highest BCUT2D eigenvalue weighted by molar-refractivity contribution is 5.78. The second kappa shape index (κ2) is 8.16. The van der Waals surface area contributed by atoms with Crippen molar-refractivity contribution in [2.75, 3.05) is 26.7 Å². The Hall–Kier alpha value is -2.34. The van der Waals surface area contributed by atoms with Crippen LogP contribution in [0.2, 0.25) is 0 Å². The molecule has 134 valence electrons. The first-order chi connectivity index (χ1) is 12.2. The number of carbonyl (C=O) groups excluding carboxylic acids is 1. The van der Waals surface area contributed by atoms with Crippen LogP contribution in [-0.2, 0) is 18.4 Å². The van der Waals surface area contributed by atoms with Gasteiger partial charge < -0.3 is 14.6 Å². The van der Waals surface area contributed by atoms with Crippen LogP contribution in [0.4, 0.5) is 0 Å². The monoisotopic (exact) mass is 342 g/mol. The molecule has 6 nitrogen and oxygen atoms in total. The average Bonchev–Trinajstić information content (AvgIpc) is 3.06. The van der Waals surface area contributed by atoms with Crippen LogP contribution in [0.3, 0.4) is 0 Å². The van der Waals surface area contributed by atoms with Crippen molar-refractivity contribution in [3.63, 3.8) is 0 Å². The molecule has 0 bridgehead atoms. The third-order valence-corrected chi connectivity index (χ3v) is 4.76. The number of methoxy groups -OCH3 is 1. The highest BCUT2D eigenvalue weighted by atomic mass is 16.5. The summed E-state index contributed by atoms with van der Waals surface area (Å²) in [4.78, 5) is 19.0. The zero-order valence-corrected chi connectivity index (χ0v) is 14.9. The normalized spacial score (nSPS) is 18.1. The van der Waals surface area contributed by atoms with E-state index < -0.39 is 0 Å². The number of nitrogens with one attached hydrogen (secondary N) is 1. The van der Waals surface area contributed by atoms with E-state index in [1.54, 1.807) is 7.11 Å². The van der Waals surface area contributed by atoms with E-state index in [2.05, 4.69) is 19.8 Å². The van der Waals surface area contributed by atoms with Crippen LogP contribution in [-0.4, -0.2) is 47.1 Å². The molecule has 2 heterocycles. The maximum absolute atomic E-state index is 12.3. The number of amides is 1. The van der Waals surface area contributed by atoms with Gasteiger partial charge in [-0.15, -0.1) is 0 Å². The van der Waals surface area contributed by atoms with Crippen LogP contribution in [0.25, 0.3) is 0 Å². The lowest BCUT2D eigenvalue weighted by atomic mass is 9.97. The molecule has 0 spiro atoms. The lowest BCUT2D eigenvalue weighted by Gasteiger charge is -2.31. The number of aryl methyl sites for hydroxylation is 1. The number of rotatable bonds is 6. The van der Waals surface area contributed by atoms with Gasteiger partial charge in [0.15, 0.2) is 0 Å². The molecule has 25 heavy (non-hydrogen) atoms. The zero-order valence-electron chi connectivity index (χ0n) is 14.9. The predicted molar refractivity (Wildman–Crippen MR) is 96.5 cm³/mol. The number of hydrogen-bond donors (Lipinski definition) is 1. The topological polar surface area (TPSA) is 59.4 Å². The first-order valence-corrected chi connectivity index (χ1v) is 8.75. The summed E-state index contributed by atoms with van der Waals surface area (Å²) in [5.41, 5.74) is 0.989. The Labute approximate surface area is 148 Å². The summed E-state index contributed by atoms with van der Waals surface area (Å²) in [6, 6.07) is 7.75. The zero-order chi connectivity index (χ0) is 17.6. The van der Waals surface area contributed by atoms with E-state index in [1.165, 1.54) is 0 Å². The number of likely N-dealkylation sites (tertiary alicyclic amines) is 1. The molecule has 1 aromatic carbocycles. The third kappa shape index (κ3) is 4.39. The predicted octanol–water partition coefficient (Wildman–Crippen LogP) is 1.92. The molecule has 0 unspecified atom stereocenters. The van der Waals surface area contributed by atoms with Gasteiger partial charge in [-0.3, -0.25) is 9.69 Å². The van der Waals surface area contributed by atoms with E-state index in [4.69, 9.17) is 4.74 Å². The lowest BCUT2D eigenvalue weighted by Crippen LogP contribution is -2.42. The van der Waals surface area contributed by atoms with E-state index in [1.807, 2.05) is 43.7 Å². The van der Waals surface area contributed by atoms with Crippen molar-refractivity contribution in [1.82, 2.24) is 19.8 Å². The van der Waals surface area contributed by atoms with Crippen molar-refractivity contribution in [2.24, 2.45) is 7.05 Å². The standard InChI is InChI=1S/C19H26N4O2/c1-22-11-9-20-19(22)16-7-5-10-23(13-16)14-18(24)21-12-15-6-3-4-8-17(15)25-2/h3-4,6,8-9,11,16H,5,7,10,12-14H2,1-2H3,(H,21,24)/t16-/m1/s1. The van der Waals surface area contributed by atoms with E-state index in [0.29, 0.717) is 19.0 Å². The third-order valence-electron chi connectivity index (χ3n) is 4.76. The second-order valence-corrected chi connectivity index (χ2v) is 6.56. The van der Waals surface area contributed by atoms with Gasteiger partial charge in [-0.2, -0.15) is 0 Å². The highest BCUT2D eigenvalue weighted by Crippen LogP contribution is 2.25. The summed E-state index contributed by atoms with van der Waals surface area (Å²) < 4.78 is 7.40. The van der Waals surface area contributed by atoms with Gasteiger partial charge in [0.1, 0.15) is 11.6 Å². The largest absolute Gasteiger partial charge is 0.496 e. The first kappa shape index (κ1) is 17.5. The van der Waals surface area contributed by atoms with Crippen molar-refractivity contribution in [3.8, 4) is 5.75 Å². The molecule has 1 atom stereocenters. The summed E-state index contributed by atoms with van der Waals surface area (Å²) >= 11 is 0. The minimum Gasteiger partial charge on any atom is -0.496 e. The molecule has 6 heteroatoms. The molecule has 0 saturated carbocycles. The highest BCUT2D eigenvalue weighted by Gasteiger charge is 2.25. The molecule has 1 amide bonds. The van der Waals surface area contributed by atoms with Crippen molar-refractivity contribution in [3.05, 3.63) is 48.0 Å². The van der Waals surface area contributed by atoms with Crippen LogP contribution in [0, 0.1) is 0 Å². The fourth-order valence-corrected chi connectivity index (χ4v) is 3.48. The fourth-order valence-electron chi connectivity index (χ4n) is 3.48. The number of imidazole rings is 1. The molecule has 1 saturated heterocycles. The van der Waals surface area contributed by atoms with Crippen molar-refractivity contribution in [2.45, 2.75) is 25.3 Å². The van der Waals surface area contributed by atoms with Crippen LogP contribution in [0.5, 0.6) is 5.75 Å². The van der Waals surface area contributed by atoms with E-state index in [9.17, 15) is 4.79 Å². The molecule has 1 aromatic heterocycles. The van der Waals surface area contributed by atoms with Crippen molar-refractivity contribution >= 4 is 5.91 Å². The Morgan fingerprint density at radius 3 is 3.00 bits per heavy atom. The quantitative estimate of drug-likeness (QED) is 0.871. The van der Waals surface area contributed by atoms with Gasteiger partial charge in [-0.05, 0) is 25.5 Å². The second-order valence-electron chi connectivity index (χ2n) is 6.56. The molecule has 1 aliphatic heterocycles. The maximum atomic E-state index is 12.3. The van der Waals surface area contributed by atoms with Gasteiger partial charge in [-0.25, -0.2) is 4.98 Å². The number of piperidine rings is 1. The minimum atomic E-state index is 0.0476. The van der Waals surface area contributed by atoms with E-state index in [0.717, 1.165) is 43.1 Å². The summed E-state index contributed by atoms with van der Waals surface area (Å²) in [6.07, 6.45) is 6.05. The fraction of sp³-hybridized carbons (Fsp3) is 0.474.